The molecular weight excluding hydrogens is 626 g/mol. The van der Waals surface area contributed by atoms with Crippen LogP contribution in [0.15, 0.2) is 102 Å². The minimum atomic E-state index is -4.32. The van der Waals surface area contributed by atoms with Crippen molar-refractivity contribution < 1.29 is 27.5 Å². The van der Waals surface area contributed by atoms with E-state index in [9.17, 15) is 18.0 Å². The van der Waals surface area contributed by atoms with Gasteiger partial charge in [0.15, 0.2) is 0 Å². The van der Waals surface area contributed by atoms with E-state index in [0.717, 1.165) is 15.4 Å². The van der Waals surface area contributed by atoms with Crippen LogP contribution in [-0.2, 0) is 32.6 Å². The highest BCUT2D eigenvalue weighted by Crippen LogP contribution is 2.35. The third-order valence-corrected chi connectivity index (χ3v) is 9.42. The number of ether oxygens (including phenoxy) is 2. The van der Waals surface area contributed by atoms with Crippen LogP contribution in [0, 0.1) is 6.92 Å². The third-order valence-electron chi connectivity index (χ3n) is 7.41. The number of rotatable bonds is 14. The van der Waals surface area contributed by atoms with E-state index in [-0.39, 0.29) is 40.2 Å². The molecule has 1 unspecified atom stereocenters. The molecule has 242 valence electrons. The number of hydrogen-bond donors (Lipinski definition) is 1. The number of carbonyl (C=O) groups excluding carboxylic acids is 2. The zero-order chi connectivity index (χ0) is 33.3. The molecule has 0 spiro atoms. The van der Waals surface area contributed by atoms with Crippen LogP contribution in [0.3, 0.4) is 0 Å². The Morgan fingerprint density at radius 2 is 1.57 bits per heavy atom. The number of sulfonamides is 1. The third kappa shape index (κ3) is 8.38. The molecule has 1 N–H and O–H groups in total. The van der Waals surface area contributed by atoms with Gasteiger partial charge in [0, 0.05) is 24.5 Å². The molecule has 0 aromatic heterocycles. The van der Waals surface area contributed by atoms with Crippen molar-refractivity contribution in [1.82, 2.24) is 10.2 Å². The summed E-state index contributed by atoms with van der Waals surface area (Å²) in [6.45, 7) is 3.37. The lowest BCUT2D eigenvalue weighted by Gasteiger charge is -2.34. The van der Waals surface area contributed by atoms with Crippen LogP contribution in [0.1, 0.15) is 23.6 Å². The predicted molar refractivity (Wildman–Crippen MR) is 180 cm³/mol. The normalized spacial score (nSPS) is 11.8. The van der Waals surface area contributed by atoms with Crippen LogP contribution in [0.4, 0.5) is 5.69 Å². The van der Waals surface area contributed by atoms with Gasteiger partial charge in [0.05, 0.1) is 24.8 Å². The summed E-state index contributed by atoms with van der Waals surface area (Å²) in [7, 11) is -1.37. The fraction of sp³-hybridized carbons (Fsp3) is 0.257. The summed E-state index contributed by atoms with van der Waals surface area (Å²) in [4.78, 5) is 29.6. The van der Waals surface area contributed by atoms with Crippen molar-refractivity contribution >= 4 is 39.1 Å². The number of amides is 2. The van der Waals surface area contributed by atoms with Gasteiger partial charge < -0.3 is 19.7 Å². The van der Waals surface area contributed by atoms with Gasteiger partial charge in [0.1, 0.15) is 24.1 Å². The number of anilines is 1. The maximum Gasteiger partial charge on any atom is 0.264 e. The largest absolute Gasteiger partial charge is 0.497 e. The molecule has 0 aliphatic rings. The topological polar surface area (TPSA) is 105 Å². The van der Waals surface area contributed by atoms with E-state index in [1.165, 1.54) is 30.2 Å². The van der Waals surface area contributed by atoms with Crippen LogP contribution >= 0.6 is 11.6 Å². The molecule has 0 saturated heterocycles. The molecule has 4 aromatic carbocycles. The molecule has 4 aromatic rings. The summed E-state index contributed by atoms with van der Waals surface area (Å²) in [6, 6.07) is 26.4. The summed E-state index contributed by atoms with van der Waals surface area (Å²) in [5.41, 5.74) is 2.49. The van der Waals surface area contributed by atoms with Crippen LogP contribution in [-0.4, -0.2) is 58.5 Å². The van der Waals surface area contributed by atoms with Gasteiger partial charge in [-0.15, -0.1) is 0 Å². The van der Waals surface area contributed by atoms with Gasteiger partial charge in [0.2, 0.25) is 11.8 Å². The summed E-state index contributed by atoms with van der Waals surface area (Å²) in [6.07, 6.45) is 0.202. The maximum atomic E-state index is 14.6. The standard InChI is InChI=1S/C35H38ClN3O6S/c1-5-37-35(41)32(21-26-10-7-6-8-11-26)38(23-27-12-9-13-29(20-27)44-3)34(40)24-39(31-22-28(36)16-19-33(31)45-4)46(42,43)30-17-14-25(2)15-18-30/h6-20,22,32H,5,21,23-24H2,1-4H3,(H,37,41). The second kappa shape index (κ2) is 15.6. The lowest BCUT2D eigenvalue weighted by molar-refractivity contribution is -0.140. The van der Waals surface area contributed by atoms with E-state index < -0.39 is 28.5 Å². The van der Waals surface area contributed by atoms with E-state index in [1.54, 1.807) is 56.5 Å². The van der Waals surface area contributed by atoms with Gasteiger partial charge in [0.25, 0.3) is 10.0 Å². The minimum absolute atomic E-state index is 0.00969. The summed E-state index contributed by atoms with van der Waals surface area (Å²) in [5, 5.41) is 3.11. The average molecular weight is 664 g/mol. The summed E-state index contributed by atoms with van der Waals surface area (Å²) < 4.78 is 40.5. The van der Waals surface area contributed by atoms with E-state index in [0.29, 0.717) is 17.9 Å². The van der Waals surface area contributed by atoms with Gasteiger partial charge in [-0.1, -0.05) is 71.8 Å². The van der Waals surface area contributed by atoms with Crippen molar-refractivity contribution in [1.29, 1.82) is 0 Å². The lowest BCUT2D eigenvalue weighted by atomic mass is 10.0. The molecule has 0 aliphatic carbocycles. The zero-order valence-corrected chi connectivity index (χ0v) is 27.8. The molecule has 9 nitrogen and oxygen atoms in total. The van der Waals surface area contributed by atoms with Gasteiger partial charge in [-0.2, -0.15) is 0 Å². The molecule has 0 heterocycles. The lowest BCUT2D eigenvalue weighted by Crippen LogP contribution is -2.53. The molecule has 0 fully saturated rings. The number of halogens is 1. The minimum Gasteiger partial charge on any atom is -0.497 e. The molecule has 4 rings (SSSR count). The molecule has 2 amide bonds. The van der Waals surface area contributed by atoms with Crippen molar-refractivity contribution in [2.24, 2.45) is 0 Å². The van der Waals surface area contributed by atoms with Crippen LogP contribution in [0.2, 0.25) is 5.02 Å². The van der Waals surface area contributed by atoms with Crippen molar-refractivity contribution in [3.8, 4) is 11.5 Å². The highest BCUT2D eigenvalue weighted by molar-refractivity contribution is 7.92. The Balaban J connectivity index is 1.85. The van der Waals surface area contributed by atoms with E-state index >= 15 is 0 Å². The van der Waals surface area contributed by atoms with Crippen LogP contribution in [0.25, 0.3) is 0 Å². The number of nitrogens with one attached hydrogen (secondary N) is 1. The number of benzene rings is 4. The zero-order valence-electron chi connectivity index (χ0n) is 26.3. The number of nitrogens with zero attached hydrogens (tertiary/aromatic N) is 2. The van der Waals surface area contributed by atoms with Crippen LogP contribution in [0.5, 0.6) is 11.5 Å². The number of carbonyl (C=O) groups is 2. The molecule has 1 atom stereocenters. The Bertz CT molecular complexity index is 1750. The quantitative estimate of drug-likeness (QED) is 0.187. The maximum absolute atomic E-state index is 14.6. The van der Waals surface area contributed by atoms with Gasteiger partial charge >= 0.3 is 0 Å². The monoisotopic (exact) mass is 663 g/mol. The Labute approximate surface area is 275 Å². The first kappa shape index (κ1) is 34.3. The predicted octanol–water partition coefficient (Wildman–Crippen LogP) is 5.64. The van der Waals surface area contributed by atoms with Crippen LogP contribution < -0.4 is 19.1 Å². The van der Waals surface area contributed by atoms with Gasteiger partial charge in [-0.05, 0) is 67.4 Å². The highest BCUT2D eigenvalue weighted by Gasteiger charge is 2.35. The van der Waals surface area contributed by atoms with E-state index in [4.69, 9.17) is 21.1 Å². The highest BCUT2D eigenvalue weighted by atomic mass is 35.5. The first-order valence-electron chi connectivity index (χ1n) is 14.7. The van der Waals surface area contributed by atoms with Gasteiger partial charge in [-0.3, -0.25) is 13.9 Å². The number of hydrogen-bond acceptors (Lipinski definition) is 6. The second-order valence-electron chi connectivity index (χ2n) is 10.6. The Morgan fingerprint density at radius 1 is 0.870 bits per heavy atom. The second-order valence-corrected chi connectivity index (χ2v) is 12.9. The molecule has 46 heavy (non-hydrogen) atoms. The van der Waals surface area contributed by atoms with E-state index in [2.05, 4.69) is 5.32 Å². The fourth-order valence-electron chi connectivity index (χ4n) is 5.02. The summed E-state index contributed by atoms with van der Waals surface area (Å²) in [5.74, 6) is -0.185. The first-order chi connectivity index (χ1) is 22.1. The fourth-order valence-corrected chi connectivity index (χ4v) is 6.61. The number of aryl methyl sites for hydroxylation is 1. The Hall–Kier alpha value is -4.54. The van der Waals surface area contributed by atoms with Crippen molar-refractivity contribution in [2.45, 2.75) is 37.8 Å². The first-order valence-corrected chi connectivity index (χ1v) is 16.6. The average Bonchev–Trinajstić information content (AvgIpc) is 3.05. The Morgan fingerprint density at radius 3 is 2.22 bits per heavy atom. The Kier molecular flexibility index (Phi) is 11.7. The van der Waals surface area contributed by atoms with Crippen molar-refractivity contribution in [2.75, 3.05) is 31.6 Å². The van der Waals surface area contributed by atoms with Crippen molar-refractivity contribution in [3.63, 3.8) is 0 Å². The SMILES string of the molecule is CCNC(=O)C(Cc1ccccc1)N(Cc1cccc(OC)c1)C(=O)CN(c1cc(Cl)ccc1OC)S(=O)(=O)c1ccc(C)cc1. The molecule has 0 saturated carbocycles. The van der Waals surface area contributed by atoms with Crippen molar-refractivity contribution in [3.05, 3.63) is 119 Å². The number of likely N-dealkylation sites (N-methyl/N-ethyl adjacent to an activating group) is 1. The summed E-state index contributed by atoms with van der Waals surface area (Å²) >= 11 is 6.35. The molecule has 0 radical (unpaired) electrons. The smallest absolute Gasteiger partial charge is 0.264 e. The molecule has 11 heteroatoms. The molecule has 0 bridgehead atoms. The van der Waals surface area contributed by atoms with E-state index in [1.807, 2.05) is 43.3 Å². The van der Waals surface area contributed by atoms with Gasteiger partial charge in [-0.25, -0.2) is 8.42 Å². The molecular formula is C35H38ClN3O6S. The molecule has 0 aliphatic heterocycles. The number of methoxy groups -OCH3 is 2.